The molecule has 0 aromatic heterocycles. The van der Waals surface area contributed by atoms with Crippen molar-refractivity contribution in [2.75, 3.05) is 13.6 Å². The van der Waals surface area contributed by atoms with Gasteiger partial charge in [-0.15, -0.1) is 0 Å². The van der Waals surface area contributed by atoms with Crippen molar-refractivity contribution in [1.29, 1.82) is 5.26 Å². The lowest BCUT2D eigenvalue weighted by atomic mass is 10.1. The molecule has 1 aromatic carbocycles. The Labute approximate surface area is 104 Å². The fraction of sp³-hybridized carbons (Fsp3) is 0.333. The molecule has 17 heavy (non-hydrogen) atoms. The number of rotatable bonds is 3. The summed E-state index contributed by atoms with van der Waals surface area (Å²) in [6.45, 7) is 1.94. The van der Waals surface area contributed by atoms with Gasteiger partial charge in [0, 0.05) is 18.6 Å². The second-order valence-corrected chi connectivity index (χ2v) is 4.28. The van der Waals surface area contributed by atoms with Gasteiger partial charge in [0.1, 0.15) is 5.82 Å². The molecular formula is C12H12ClFN2O. The van der Waals surface area contributed by atoms with Gasteiger partial charge in [0.15, 0.2) is 0 Å². The van der Waals surface area contributed by atoms with Crippen LogP contribution in [0, 0.1) is 23.1 Å². The first kappa shape index (κ1) is 13.5. The maximum Gasteiger partial charge on any atom is 0.256 e. The third kappa shape index (κ3) is 3.43. The number of halogens is 2. The van der Waals surface area contributed by atoms with Crippen LogP contribution in [0.3, 0.4) is 0 Å². The summed E-state index contributed by atoms with van der Waals surface area (Å²) in [4.78, 5) is 13.2. The molecule has 0 bridgehead atoms. The zero-order valence-electron chi connectivity index (χ0n) is 9.58. The molecule has 0 spiro atoms. The van der Waals surface area contributed by atoms with Crippen LogP contribution >= 0.6 is 11.6 Å². The molecule has 0 saturated heterocycles. The molecule has 90 valence electrons. The first-order chi connectivity index (χ1) is 7.95. The molecule has 0 radical (unpaired) electrons. The van der Waals surface area contributed by atoms with Crippen molar-refractivity contribution in [2.45, 2.75) is 6.92 Å². The summed E-state index contributed by atoms with van der Waals surface area (Å²) in [7, 11) is 1.52. The van der Waals surface area contributed by atoms with Gasteiger partial charge in [0.2, 0.25) is 0 Å². The molecule has 0 fully saturated rings. The zero-order valence-corrected chi connectivity index (χ0v) is 10.3. The third-order valence-corrected chi connectivity index (χ3v) is 2.51. The summed E-state index contributed by atoms with van der Waals surface area (Å²) in [5.74, 6) is -1.39. The predicted molar refractivity (Wildman–Crippen MR) is 63.1 cm³/mol. The topological polar surface area (TPSA) is 44.1 Å². The Bertz CT molecular complexity index is 470. The van der Waals surface area contributed by atoms with E-state index in [9.17, 15) is 9.18 Å². The quantitative estimate of drug-likeness (QED) is 0.832. The van der Waals surface area contributed by atoms with Crippen LogP contribution in [0.25, 0.3) is 0 Å². The highest BCUT2D eigenvalue weighted by atomic mass is 35.5. The Kier molecular flexibility index (Phi) is 4.47. The van der Waals surface area contributed by atoms with E-state index in [0.29, 0.717) is 5.02 Å². The molecule has 0 N–H and O–H groups in total. The number of nitrogens with zero attached hydrogens (tertiary/aromatic N) is 2. The first-order valence-electron chi connectivity index (χ1n) is 5.06. The van der Waals surface area contributed by atoms with Crippen molar-refractivity contribution in [2.24, 2.45) is 5.92 Å². The molecule has 1 rings (SSSR count). The fourth-order valence-electron chi connectivity index (χ4n) is 1.40. The van der Waals surface area contributed by atoms with Gasteiger partial charge >= 0.3 is 0 Å². The van der Waals surface area contributed by atoms with E-state index in [1.165, 1.54) is 24.1 Å². The van der Waals surface area contributed by atoms with Crippen molar-refractivity contribution in [1.82, 2.24) is 4.90 Å². The van der Waals surface area contributed by atoms with E-state index in [4.69, 9.17) is 16.9 Å². The van der Waals surface area contributed by atoms with Crippen LogP contribution in [0.1, 0.15) is 17.3 Å². The summed E-state index contributed by atoms with van der Waals surface area (Å²) < 4.78 is 13.4. The molecule has 3 nitrogen and oxygen atoms in total. The van der Waals surface area contributed by atoms with Crippen LogP contribution in [0.5, 0.6) is 0 Å². The minimum absolute atomic E-state index is 0.0786. The molecule has 1 unspecified atom stereocenters. The molecule has 0 saturated carbocycles. The molecule has 5 heteroatoms. The second kappa shape index (κ2) is 5.65. The van der Waals surface area contributed by atoms with E-state index >= 15 is 0 Å². The number of carbonyl (C=O) groups is 1. The van der Waals surface area contributed by atoms with Crippen molar-refractivity contribution in [3.05, 3.63) is 34.6 Å². The normalized spacial score (nSPS) is 11.7. The molecule has 0 aliphatic heterocycles. The van der Waals surface area contributed by atoms with Crippen molar-refractivity contribution >= 4 is 17.5 Å². The van der Waals surface area contributed by atoms with E-state index in [0.717, 1.165) is 6.07 Å². The lowest BCUT2D eigenvalue weighted by molar-refractivity contribution is 0.0780. The summed E-state index contributed by atoms with van der Waals surface area (Å²) in [5, 5.41) is 8.95. The van der Waals surface area contributed by atoms with Crippen LogP contribution in [0.4, 0.5) is 4.39 Å². The molecule has 1 amide bonds. The van der Waals surface area contributed by atoms with Gasteiger partial charge in [0.05, 0.1) is 17.6 Å². The molecule has 0 aliphatic carbocycles. The highest BCUT2D eigenvalue weighted by Crippen LogP contribution is 2.16. The van der Waals surface area contributed by atoms with Crippen LogP contribution in [0.2, 0.25) is 5.02 Å². The fourth-order valence-corrected chi connectivity index (χ4v) is 1.57. The van der Waals surface area contributed by atoms with Crippen molar-refractivity contribution in [3.63, 3.8) is 0 Å². The van der Waals surface area contributed by atoms with Crippen LogP contribution in [0.15, 0.2) is 18.2 Å². The van der Waals surface area contributed by atoms with Gasteiger partial charge in [-0.1, -0.05) is 11.6 Å². The van der Waals surface area contributed by atoms with E-state index in [1.54, 1.807) is 6.92 Å². The van der Waals surface area contributed by atoms with Gasteiger partial charge in [-0.3, -0.25) is 4.79 Å². The SMILES string of the molecule is CC(C#N)CN(C)C(=O)c1cc(Cl)ccc1F. The summed E-state index contributed by atoms with van der Waals surface area (Å²) >= 11 is 5.71. The number of amides is 1. The number of hydrogen-bond acceptors (Lipinski definition) is 2. The number of benzene rings is 1. The highest BCUT2D eigenvalue weighted by Gasteiger charge is 2.18. The summed E-state index contributed by atoms with van der Waals surface area (Å²) in [5.41, 5.74) is -0.0786. The molecule has 1 aromatic rings. The Balaban J connectivity index is 2.89. The minimum Gasteiger partial charge on any atom is -0.340 e. The molecule has 0 heterocycles. The monoisotopic (exact) mass is 254 g/mol. The first-order valence-corrected chi connectivity index (χ1v) is 5.43. The van der Waals surface area contributed by atoms with Gasteiger partial charge in [0.25, 0.3) is 5.91 Å². The number of hydrogen-bond donors (Lipinski definition) is 0. The standard InChI is InChI=1S/C12H12ClFN2O/c1-8(6-15)7-16(2)12(17)10-5-9(13)3-4-11(10)14/h3-5,8H,7H2,1-2H3. The van der Waals surface area contributed by atoms with E-state index < -0.39 is 11.7 Å². The van der Waals surface area contributed by atoms with E-state index in [2.05, 4.69) is 0 Å². The highest BCUT2D eigenvalue weighted by molar-refractivity contribution is 6.30. The van der Waals surface area contributed by atoms with E-state index in [-0.39, 0.29) is 18.0 Å². The molecular weight excluding hydrogens is 243 g/mol. The maximum atomic E-state index is 13.4. The smallest absolute Gasteiger partial charge is 0.256 e. The Morgan fingerprint density at radius 3 is 2.88 bits per heavy atom. The zero-order chi connectivity index (χ0) is 13.0. The van der Waals surface area contributed by atoms with Crippen LogP contribution in [-0.4, -0.2) is 24.4 Å². The maximum absolute atomic E-state index is 13.4. The predicted octanol–water partition coefficient (Wildman–Crippen LogP) is 2.71. The summed E-state index contributed by atoms with van der Waals surface area (Å²) in [6.07, 6.45) is 0. The average Bonchev–Trinajstić information content (AvgIpc) is 2.31. The number of carbonyl (C=O) groups excluding carboxylic acids is 1. The van der Waals surface area contributed by atoms with E-state index in [1.807, 2.05) is 6.07 Å². The Morgan fingerprint density at radius 1 is 1.65 bits per heavy atom. The van der Waals surface area contributed by atoms with Crippen molar-refractivity contribution < 1.29 is 9.18 Å². The van der Waals surface area contributed by atoms with Gasteiger partial charge in [-0.05, 0) is 25.1 Å². The minimum atomic E-state index is -0.615. The van der Waals surface area contributed by atoms with Gasteiger partial charge in [-0.2, -0.15) is 5.26 Å². The van der Waals surface area contributed by atoms with Gasteiger partial charge in [-0.25, -0.2) is 4.39 Å². The molecule has 1 atom stereocenters. The van der Waals surface area contributed by atoms with Crippen LogP contribution in [-0.2, 0) is 0 Å². The largest absolute Gasteiger partial charge is 0.340 e. The number of nitriles is 1. The lowest BCUT2D eigenvalue weighted by Gasteiger charge is -2.18. The average molecular weight is 255 g/mol. The third-order valence-electron chi connectivity index (χ3n) is 2.27. The lowest BCUT2D eigenvalue weighted by Crippen LogP contribution is -2.31. The molecule has 0 aliphatic rings. The second-order valence-electron chi connectivity index (χ2n) is 3.84. The Hall–Kier alpha value is -1.60. The summed E-state index contributed by atoms with van der Waals surface area (Å²) in [6, 6.07) is 5.83. The Morgan fingerprint density at radius 2 is 2.29 bits per heavy atom. The van der Waals surface area contributed by atoms with Crippen LogP contribution < -0.4 is 0 Å². The van der Waals surface area contributed by atoms with Crippen molar-refractivity contribution in [3.8, 4) is 6.07 Å². The van der Waals surface area contributed by atoms with Gasteiger partial charge < -0.3 is 4.90 Å².